The van der Waals surface area contributed by atoms with E-state index >= 15 is 0 Å². The van der Waals surface area contributed by atoms with Crippen LogP contribution in [0.15, 0.2) is 84.9 Å². The fraction of sp³-hybridized carbons (Fsp3) is 0.312. The number of phenolic OH excluding ortho intramolecular Hbond substituents is 1. The van der Waals surface area contributed by atoms with Gasteiger partial charge in [0.15, 0.2) is 0 Å². The highest BCUT2D eigenvalue weighted by Crippen LogP contribution is 2.21. The zero-order valence-electron chi connectivity index (χ0n) is 22.7. The summed E-state index contributed by atoms with van der Waals surface area (Å²) in [4.78, 5) is 56.4. The van der Waals surface area contributed by atoms with Crippen LogP contribution < -0.4 is 16.0 Å². The number of hydrogen-bond acceptors (Lipinski definition) is 5. The summed E-state index contributed by atoms with van der Waals surface area (Å²) >= 11 is 0. The predicted octanol–water partition coefficient (Wildman–Crippen LogP) is 1.88. The van der Waals surface area contributed by atoms with E-state index in [0.717, 1.165) is 11.1 Å². The van der Waals surface area contributed by atoms with Crippen molar-refractivity contribution < 1.29 is 24.3 Å². The monoisotopic (exact) mass is 554 g/mol. The molecule has 2 heterocycles. The molecule has 0 aromatic heterocycles. The van der Waals surface area contributed by atoms with Crippen molar-refractivity contribution in [1.82, 2.24) is 20.9 Å². The molecule has 2 aliphatic rings. The maximum absolute atomic E-state index is 13.9. The van der Waals surface area contributed by atoms with Crippen LogP contribution in [0, 0.1) is 0 Å². The number of carbonyl (C=O) groups excluding carboxylic acids is 4. The number of rotatable bonds is 6. The number of amides is 4. The van der Waals surface area contributed by atoms with E-state index in [2.05, 4.69) is 16.0 Å². The first-order valence-electron chi connectivity index (χ1n) is 13.9. The first-order chi connectivity index (χ1) is 19.9. The van der Waals surface area contributed by atoms with Gasteiger partial charge in [0.1, 0.15) is 29.9 Å². The summed E-state index contributed by atoms with van der Waals surface area (Å²) < 4.78 is 0. The maximum atomic E-state index is 13.9. The second kappa shape index (κ2) is 12.7. The minimum atomic E-state index is -1.06. The van der Waals surface area contributed by atoms with E-state index in [4.69, 9.17) is 0 Å². The number of aromatic hydroxyl groups is 1. The summed E-state index contributed by atoms with van der Waals surface area (Å²) in [6, 6.07) is 21.5. The van der Waals surface area contributed by atoms with E-state index in [-0.39, 0.29) is 36.8 Å². The molecule has 0 bridgehead atoms. The van der Waals surface area contributed by atoms with Crippen molar-refractivity contribution in [3.05, 3.63) is 102 Å². The van der Waals surface area contributed by atoms with Crippen LogP contribution in [0.3, 0.4) is 0 Å². The van der Waals surface area contributed by atoms with Gasteiger partial charge < -0.3 is 26.0 Å². The van der Waals surface area contributed by atoms with Gasteiger partial charge in [-0.3, -0.25) is 19.2 Å². The molecule has 9 heteroatoms. The quantitative estimate of drug-likeness (QED) is 0.370. The Morgan fingerprint density at radius 3 is 1.76 bits per heavy atom. The van der Waals surface area contributed by atoms with Crippen molar-refractivity contribution in [1.29, 1.82) is 0 Å². The highest BCUT2D eigenvalue weighted by Gasteiger charge is 2.40. The van der Waals surface area contributed by atoms with Gasteiger partial charge in [-0.1, -0.05) is 72.8 Å². The van der Waals surface area contributed by atoms with Crippen molar-refractivity contribution in [2.45, 2.75) is 56.3 Å². The Morgan fingerprint density at radius 1 is 0.634 bits per heavy atom. The fourth-order valence-electron chi connectivity index (χ4n) is 5.55. The molecule has 41 heavy (non-hydrogen) atoms. The van der Waals surface area contributed by atoms with E-state index < -0.39 is 36.0 Å². The number of fused-ring (bicyclic) bond motifs is 1. The predicted molar refractivity (Wildman–Crippen MR) is 153 cm³/mol. The fourth-order valence-corrected chi connectivity index (χ4v) is 5.55. The molecule has 212 valence electrons. The van der Waals surface area contributed by atoms with Gasteiger partial charge in [-0.2, -0.15) is 0 Å². The van der Waals surface area contributed by atoms with Gasteiger partial charge in [-0.15, -0.1) is 0 Å². The van der Waals surface area contributed by atoms with Crippen LogP contribution in [0.1, 0.15) is 29.5 Å². The first-order valence-corrected chi connectivity index (χ1v) is 13.9. The molecule has 2 saturated heterocycles. The Hall–Kier alpha value is -4.66. The van der Waals surface area contributed by atoms with Crippen molar-refractivity contribution in [2.24, 2.45) is 0 Å². The summed E-state index contributed by atoms with van der Waals surface area (Å²) in [5.74, 6) is -1.70. The Bertz CT molecular complexity index is 1400. The highest BCUT2D eigenvalue weighted by atomic mass is 16.3. The molecule has 9 nitrogen and oxygen atoms in total. The van der Waals surface area contributed by atoms with E-state index in [1.165, 1.54) is 17.0 Å². The van der Waals surface area contributed by atoms with Crippen LogP contribution in [-0.2, 0) is 38.4 Å². The van der Waals surface area contributed by atoms with Crippen molar-refractivity contribution in [3.8, 4) is 5.75 Å². The molecule has 0 aliphatic carbocycles. The number of carbonyl (C=O) groups is 4. The first kappa shape index (κ1) is 27.9. The van der Waals surface area contributed by atoms with E-state index in [1.54, 1.807) is 12.1 Å². The van der Waals surface area contributed by atoms with Gasteiger partial charge in [0.25, 0.3) is 0 Å². The van der Waals surface area contributed by atoms with Crippen LogP contribution in [0.2, 0.25) is 0 Å². The zero-order valence-corrected chi connectivity index (χ0v) is 22.7. The van der Waals surface area contributed by atoms with E-state index in [1.807, 2.05) is 60.7 Å². The molecule has 3 aromatic carbocycles. The lowest BCUT2D eigenvalue weighted by Crippen LogP contribution is -2.62. The number of hydrogen-bond donors (Lipinski definition) is 4. The lowest BCUT2D eigenvalue weighted by Gasteiger charge is -2.32. The lowest BCUT2D eigenvalue weighted by atomic mass is 9.99. The van der Waals surface area contributed by atoms with Gasteiger partial charge in [0.2, 0.25) is 23.6 Å². The summed E-state index contributed by atoms with van der Waals surface area (Å²) in [7, 11) is 0. The lowest BCUT2D eigenvalue weighted by molar-refractivity contribution is -0.143. The third-order valence-corrected chi connectivity index (χ3v) is 7.63. The molecule has 0 saturated carbocycles. The topological polar surface area (TPSA) is 128 Å². The molecule has 2 aliphatic heterocycles. The largest absolute Gasteiger partial charge is 0.508 e. The average molecular weight is 555 g/mol. The number of benzene rings is 3. The molecule has 0 radical (unpaired) electrons. The van der Waals surface area contributed by atoms with Crippen LogP contribution >= 0.6 is 0 Å². The molecule has 4 amide bonds. The summed E-state index contributed by atoms with van der Waals surface area (Å²) in [5.41, 5.74) is 2.33. The highest BCUT2D eigenvalue weighted by molar-refractivity contribution is 5.98. The second-order valence-electron chi connectivity index (χ2n) is 10.6. The molecule has 2 fully saturated rings. The van der Waals surface area contributed by atoms with Crippen molar-refractivity contribution in [3.63, 3.8) is 0 Å². The minimum absolute atomic E-state index is 0.0359. The van der Waals surface area contributed by atoms with Crippen LogP contribution in [0.4, 0.5) is 0 Å². The van der Waals surface area contributed by atoms with Crippen LogP contribution in [0.5, 0.6) is 5.75 Å². The minimum Gasteiger partial charge on any atom is -0.508 e. The Morgan fingerprint density at radius 2 is 1.15 bits per heavy atom. The summed E-state index contributed by atoms with van der Waals surface area (Å²) in [6.45, 7) is 0.389. The zero-order chi connectivity index (χ0) is 28.8. The van der Waals surface area contributed by atoms with Gasteiger partial charge in [0.05, 0.1) is 0 Å². The smallest absolute Gasteiger partial charge is 0.246 e. The number of phenols is 1. The van der Waals surface area contributed by atoms with Gasteiger partial charge in [-0.05, 0) is 41.7 Å². The van der Waals surface area contributed by atoms with E-state index in [0.29, 0.717) is 24.9 Å². The third kappa shape index (κ3) is 6.92. The van der Waals surface area contributed by atoms with Gasteiger partial charge >= 0.3 is 0 Å². The standard InChI is InChI=1S/C32H34N4O5/c37-24-14-7-13-23(17-24)20-26-30(39)35-27(19-22-11-5-2-6-12-22)32(41)36-16-8-15-28(36)31(40)34-25(29(38)33-26)18-21-9-3-1-4-10-21/h1-7,9-14,17,25-28,37H,8,15-16,18-20H2,(H,33,38)(H,34,40)(H,35,39)/t25-,26+,27-,28+/m0/s1. The Labute approximate surface area is 238 Å². The number of nitrogens with zero attached hydrogens (tertiary/aromatic N) is 1. The SMILES string of the molecule is O=C1N[C@H](Cc2cccc(O)c2)C(=O)N[C@@H](Cc2ccccc2)C(=O)N2CCC[C@@H]2C(=O)N[C@H]1Cc1ccccc1. The van der Waals surface area contributed by atoms with Crippen LogP contribution in [0.25, 0.3) is 0 Å². The molecule has 3 aromatic rings. The average Bonchev–Trinajstić information content (AvgIpc) is 3.47. The summed E-state index contributed by atoms with van der Waals surface area (Å²) in [5, 5.41) is 18.6. The number of nitrogens with one attached hydrogen (secondary N) is 3. The van der Waals surface area contributed by atoms with Gasteiger partial charge in [0, 0.05) is 25.8 Å². The van der Waals surface area contributed by atoms with Gasteiger partial charge in [-0.25, -0.2) is 0 Å². The Balaban J connectivity index is 1.49. The summed E-state index contributed by atoms with van der Waals surface area (Å²) in [6.07, 6.45) is 1.65. The maximum Gasteiger partial charge on any atom is 0.246 e. The molecule has 0 unspecified atom stereocenters. The van der Waals surface area contributed by atoms with Crippen LogP contribution in [-0.4, -0.2) is 64.3 Å². The second-order valence-corrected chi connectivity index (χ2v) is 10.6. The molecular weight excluding hydrogens is 520 g/mol. The Kier molecular flexibility index (Phi) is 8.62. The molecule has 4 atom stereocenters. The van der Waals surface area contributed by atoms with Crippen molar-refractivity contribution >= 4 is 23.6 Å². The molecule has 0 spiro atoms. The molecule has 4 N–H and O–H groups in total. The van der Waals surface area contributed by atoms with E-state index in [9.17, 15) is 24.3 Å². The third-order valence-electron chi connectivity index (χ3n) is 7.63. The molecular formula is C32H34N4O5. The molecule has 5 rings (SSSR count). The normalized spacial score (nSPS) is 23.5. The van der Waals surface area contributed by atoms with Crippen molar-refractivity contribution in [2.75, 3.05) is 6.54 Å².